The average Bonchev–Trinajstić information content (AvgIpc) is 2.86. The van der Waals surface area contributed by atoms with E-state index in [1.807, 2.05) is 4.68 Å². The summed E-state index contributed by atoms with van der Waals surface area (Å²) in [6, 6.07) is 4.68. The van der Waals surface area contributed by atoms with Gasteiger partial charge in [-0.2, -0.15) is 0 Å². The van der Waals surface area contributed by atoms with Crippen molar-refractivity contribution >= 4 is 11.3 Å². The predicted octanol–water partition coefficient (Wildman–Crippen LogP) is 1.59. The number of tetrazole rings is 1. The second-order valence-corrected chi connectivity index (χ2v) is 5.67. The standard InChI is InChI=1S/C11H17N5S/c1-8(2)12-6-11-13-14-15-16(11)7-10-5-4-9(3)17-10/h4-5,8,12H,6-7H2,1-3H3. The molecule has 2 heterocycles. The maximum Gasteiger partial charge on any atom is 0.165 e. The summed E-state index contributed by atoms with van der Waals surface area (Å²) >= 11 is 1.78. The molecular formula is C11H17N5S. The van der Waals surface area contributed by atoms with Crippen LogP contribution < -0.4 is 5.32 Å². The summed E-state index contributed by atoms with van der Waals surface area (Å²) < 4.78 is 1.85. The molecule has 0 saturated heterocycles. The summed E-state index contributed by atoms with van der Waals surface area (Å²) in [5.74, 6) is 0.879. The molecule has 0 fully saturated rings. The van der Waals surface area contributed by atoms with Crippen LogP contribution in [0.2, 0.25) is 0 Å². The smallest absolute Gasteiger partial charge is 0.165 e. The average molecular weight is 251 g/mol. The zero-order valence-electron chi connectivity index (χ0n) is 10.3. The maximum absolute atomic E-state index is 4.04. The van der Waals surface area contributed by atoms with Crippen molar-refractivity contribution in [3.63, 3.8) is 0 Å². The predicted molar refractivity (Wildman–Crippen MR) is 68.0 cm³/mol. The van der Waals surface area contributed by atoms with E-state index in [2.05, 4.69) is 53.7 Å². The van der Waals surface area contributed by atoms with Crippen LogP contribution in [0.5, 0.6) is 0 Å². The molecule has 0 spiro atoms. The quantitative estimate of drug-likeness (QED) is 0.876. The summed E-state index contributed by atoms with van der Waals surface area (Å²) in [7, 11) is 0. The Morgan fingerprint density at radius 3 is 2.88 bits per heavy atom. The van der Waals surface area contributed by atoms with Crippen molar-refractivity contribution in [2.45, 2.75) is 39.9 Å². The van der Waals surface area contributed by atoms with Crippen LogP contribution in [0.1, 0.15) is 29.4 Å². The normalized spacial score (nSPS) is 11.3. The van der Waals surface area contributed by atoms with E-state index in [9.17, 15) is 0 Å². The molecule has 0 atom stereocenters. The molecule has 2 aromatic rings. The Labute approximate surface area is 105 Å². The first kappa shape index (κ1) is 12.2. The highest BCUT2D eigenvalue weighted by Gasteiger charge is 2.07. The van der Waals surface area contributed by atoms with Gasteiger partial charge in [0.05, 0.1) is 13.1 Å². The highest BCUT2D eigenvalue weighted by atomic mass is 32.1. The molecule has 0 amide bonds. The van der Waals surface area contributed by atoms with Gasteiger partial charge in [-0.3, -0.25) is 0 Å². The van der Waals surface area contributed by atoms with Gasteiger partial charge in [0.15, 0.2) is 5.82 Å². The molecule has 0 aliphatic rings. The molecule has 0 radical (unpaired) electrons. The van der Waals surface area contributed by atoms with Gasteiger partial charge in [-0.05, 0) is 29.5 Å². The molecule has 0 saturated carbocycles. The molecule has 2 aromatic heterocycles. The van der Waals surface area contributed by atoms with Crippen LogP contribution in [-0.4, -0.2) is 26.2 Å². The largest absolute Gasteiger partial charge is 0.308 e. The van der Waals surface area contributed by atoms with E-state index in [0.717, 1.165) is 12.4 Å². The van der Waals surface area contributed by atoms with Crippen LogP contribution in [0.25, 0.3) is 0 Å². The van der Waals surface area contributed by atoms with Crippen molar-refractivity contribution in [3.8, 4) is 0 Å². The summed E-state index contributed by atoms with van der Waals surface area (Å²) in [6.45, 7) is 7.78. The summed E-state index contributed by atoms with van der Waals surface area (Å²) in [6.07, 6.45) is 0. The molecule has 5 nitrogen and oxygen atoms in total. The van der Waals surface area contributed by atoms with Crippen molar-refractivity contribution in [2.24, 2.45) is 0 Å². The first-order chi connectivity index (χ1) is 8.15. The SMILES string of the molecule is Cc1ccc(Cn2nnnc2CNC(C)C)s1. The van der Waals surface area contributed by atoms with Crippen molar-refractivity contribution < 1.29 is 0 Å². The fraction of sp³-hybridized carbons (Fsp3) is 0.545. The third-order valence-electron chi connectivity index (χ3n) is 2.38. The molecule has 0 aliphatic carbocycles. The lowest BCUT2D eigenvalue weighted by molar-refractivity contribution is 0.539. The number of thiophene rings is 1. The number of nitrogens with zero attached hydrogens (tertiary/aromatic N) is 4. The number of nitrogens with one attached hydrogen (secondary N) is 1. The Kier molecular flexibility index (Phi) is 3.86. The highest BCUT2D eigenvalue weighted by molar-refractivity contribution is 7.11. The minimum Gasteiger partial charge on any atom is -0.308 e. The molecule has 92 valence electrons. The highest BCUT2D eigenvalue weighted by Crippen LogP contribution is 2.16. The maximum atomic E-state index is 4.04. The van der Waals surface area contributed by atoms with Gasteiger partial charge in [-0.15, -0.1) is 16.4 Å². The Morgan fingerprint density at radius 2 is 2.24 bits per heavy atom. The Morgan fingerprint density at radius 1 is 1.41 bits per heavy atom. The summed E-state index contributed by atoms with van der Waals surface area (Å²) in [5.41, 5.74) is 0. The second-order valence-electron chi connectivity index (χ2n) is 4.30. The summed E-state index contributed by atoms with van der Waals surface area (Å²) in [5, 5.41) is 15.1. The fourth-order valence-corrected chi connectivity index (χ4v) is 2.36. The Hall–Kier alpha value is -1.27. The van der Waals surface area contributed by atoms with Crippen LogP contribution >= 0.6 is 11.3 Å². The minimum absolute atomic E-state index is 0.434. The van der Waals surface area contributed by atoms with Crippen LogP contribution in [-0.2, 0) is 13.1 Å². The first-order valence-electron chi connectivity index (χ1n) is 5.69. The lowest BCUT2D eigenvalue weighted by atomic mass is 10.4. The van der Waals surface area contributed by atoms with Gasteiger partial charge in [0.2, 0.25) is 0 Å². The molecule has 0 bridgehead atoms. The van der Waals surface area contributed by atoms with E-state index in [1.165, 1.54) is 9.75 Å². The number of hydrogen-bond acceptors (Lipinski definition) is 5. The fourth-order valence-electron chi connectivity index (χ4n) is 1.49. The molecule has 0 aromatic carbocycles. The van der Waals surface area contributed by atoms with Gasteiger partial charge in [0.1, 0.15) is 0 Å². The van der Waals surface area contributed by atoms with Gasteiger partial charge in [-0.25, -0.2) is 4.68 Å². The second kappa shape index (κ2) is 5.37. The van der Waals surface area contributed by atoms with Gasteiger partial charge >= 0.3 is 0 Å². The van der Waals surface area contributed by atoms with Crippen LogP contribution in [0.3, 0.4) is 0 Å². The van der Waals surface area contributed by atoms with E-state index < -0.39 is 0 Å². The van der Waals surface area contributed by atoms with Crippen molar-refractivity contribution in [1.29, 1.82) is 0 Å². The third-order valence-corrected chi connectivity index (χ3v) is 3.36. The molecule has 0 unspecified atom stereocenters. The van der Waals surface area contributed by atoms with E-state index in [4.69, 9.17) is 0 Å². The number of aromatic nitrogens is 4. The third kappa shape index (κ3) is 3.34. The van der Waals surface area contributed by atoms with E-state index in [0.29, 0.717) is 12.6 Å². The van der Waals surface area contributed by atoms with Crippen LogP contribution in [0, 0.1) is 6.92 Å². The topological polar surface area (TPSA) is 55.6 Å². The molecular weight excluding hydrogens is 234 g/mol. The van der Waals surface area contributed by atoms with Gasteiger partial charge in [0, 0.05) is 15.8 Å². The van der Waals surface area contributed by atoms with Crippen LogP contribution in [0.15, 0.2) is 12.1 Å². The minimum atomic E-state index is 0.434. The zero-order chi connectivity index (χ0) is 12.3. The van der Waals surface area contributed by atoms with Gasteiger partial charge in [0.25, 0.3) is 0 Å². The number of aryl methyl sites for hydroxylation is 1. The van der Waals surface area contributed by atoms with Crippen molar-refractivity contribution in [2.75, 3.05) is 0 Å². The van der Waals surface area contributed by atoms with Crippen molar-refractivity contribution in [1.82, 2.24) is 25.5 Å². The van der Waals surface area contributed by atoms with Crippen LogP contribution in [0.4, 0.5) is 0 Å². The zero-order valence-corrected chi connectivity index (χ0v) is 11.2. The molecule has 1 N–H and O–H groups in total. The molecule has 0 aliphatic heterocycles. The van der Waals surface area contributed by atoms with E-state index >= 15 is 0 Å². The van der Waals surface area contributed by atoms with Gasteiger partial charge in [-0.1, -0.05) is 13.8 Å². The Bertz CT molecular complexity index is 474. The lowest BCUT2D eigenvalue weighted by Crippen LogP contribution is -2.24. The number of rotatable bonds is 5. The summed E-state index contributed by atoms with van der Waals surface area (Å²) in [4.78, 5) is 2.59. The Balaban J connectivity index is 2.03. The molecule has 17 heavy (non-hydrogen) atoms. The van der Waals surface area contributed by atoms with Gasteiger partial charge < -0.3 is 5.32 Å². The van der Waals surface area contributed by atoms with E-state index in [-0.39, 0.29) is 0 Å². The lowest BCUT2D eigenvalue weighted by Gasteiger charge is -2.07. The number of hydrogen-bond donors (Lipinski definition) is 1. The first-order valence-corrected chi connectivity index (χ1v) is 6.50. The van der Waals surface area contributed by atoms with Crippen molar-refractivity contribution in [3.05, 3.63) is 27.7 Å². The monoisotopic (exact) mass is 251 g/mol. The molecule has 6 heteroatoms. The molecule has 2 rings (SSSR count). The van der Waals surface area contributed by atoms with E-state index in [1.54, 1.807) is 11.3 Å².